The van der Waals surface area contributed by atoms with Gasteiger partial charge in [0.15, 0.2) is 0 Å². The number of halogens is 1. The number of fused-ring (bicyclic) bond motifs is 1. The number of hydrogen-bond acceptors (Lipinski definition) is 4. The van der Waals surface area contributed by atoms with Crippen LogP contribution in [0.25, 0.3) is 0 Å². The van der Waals surface area contributed by atoms with Crippen molar-refractivity contribution in [2.45, 2.75) is 38.8 Å². The summed E-state index contributed by atoms with van der Waals surface area (Å²) in [5.74, 6) is 1.01. The van der Waals surface area contributed by atoms with Crippen molar-refractivity contribution in [2.75, 3.05) is 0 Å². The third-order valence-corrected chi connectivity index (χ3v) is 3.87. The lowest BCUT2D eigenvalue weighted by Gasteiger charge is -2.24. The van der Waals surface area contributed by atoms with Gasteiger partial charge in [-0.05, 0) is 24.9 Å². The van der Waals surface area contributed by atoms with Gasteiger partial charge in [-0.3, -0.25) is 4.79 Å². The lowest BCUT2D eigenvalue weighted by molar-refractivity contribution is -0.121. The monoisotopic (exact) mass is 294 g/mol. The molecular formula is C13H15ClN4O2. The molecule has 1 aliphatic rings. The molecule has 7 heteroatoms. The molecule has 2 aromatic heterocycles. The average molecular weight is 295 g/mol. The second kappa shape index (κ2) is 5.28. The first kappa shape index (κ1) is 13.2. The third-order valence-electron chi connectivity index (χ3n) is 3.57. The largest absolute Gasteiger partial charge is 0.351 e. The molecular weight excluding hydrogens is 280 g/mol. The number of nitrogens with zero attached hydrogens (tertiary/aromatic N) is 3. The van der Waals surface area contributed by atoms with Crippen molar-refractivity contribution in [3.63, 3.8) is 0 Å². The van der Waals surface area contributed by atoms with Crippen LogP contribution in [0.2, 0.25) is 5.22 Å². The summed E-state index contributed by atoms with van der Waals surface area (Å²) in [6.07, 6.45) is 5.71. The highest BCUT2D eigenvalue weighted by atomic mass is 35.5. The molecule has 3 rings (SSSR count). The van der Waals surface area contributed by atoms with E-state index in [1.165, 1.54) is 0 Å². The summed E-state index contributed by atoms with van der Waals surface area (Å²) in [6.45, 7) is 2.54. The Hall–Kier alpha value is -1.82. The SMILES string of the molecule is Cc1noc(Cl)c1CC(=O)N[C@@H]1CCc2nccn2C1. The van der Waals surface area contributed by atoms with Crippen molar-refractivity contribution in [1.29, 1.82) is 0 Å². The number of carbonyl (C=O) groups excluding carboxylic acids is 1. The molecule has 1 amide bonds. The van der Waals surface area contributed by atoms with Crippen LogP contribution >= 0.6 is 11.6 Å². The fraction of sp³-hybridized carbons (Fsp3) is 0.462. The Bertz CT molecular complexity index is 615. The Morgan fingerprint density at radius 2 is 2.50 bits per heavy atom. The standard InChI is InChI=1S/C13H15ClN4O2/c1-8-10(13(14)20-17-8)6-12(19)16-9-2-3-11-15-4-5-18(11)7-9/h4-5,9H,2-3,6-7H2,1H3,(H,16,19)/t9-/m1/s1. The highest BCUT2D eigenvalue weighted by Crippen LogP contribution is 2.20. The summed E-state index contributed by atoms with van der Waals surface area (Å²) >= 11 is 5.86. The molecule has 0 bridgehead atoms. The van der Waals surface area contributed by atoms with E-state index in [1.54, 1.807) is 13.1 Å². The van der Waals surface area contributed by atoms with Crippen LogP contribution in [0.15, 0.2) is 16.9 Å². The molecule has 20 heavy (non-hydrogen) atoms. The number of imidazole rings is 1. The van der Waals surface area contributed by atoms with Gasteiger partial charge < -0.3 is 14.4 Å². The number of nitrogens with one attached hydrogen (secondary N) is 1. The van der Waals surface area contributed by atoms with E-state index in [2.05, 4.69) is 20.0 Å². The molecule has 0 saturated carbocycles. The van der Waals surface area contributed by atoms with E-state index in [-0.39, 0.29) is 23.6 Å². The van der Waals surface area contributed by atoms with Crippen LogP contribution in [0.5, 0.6) is 0 Å². The maximum Gasteiger partial charge on any atom is 0.229 e. The summed E-state index contributed by atoms with van der Waals surface area (Å²) in [4.78, 5) is 16.3. The van der Waals surface area contributed by atoms with Gasteiger partial charge in [-0.2, -0.15) is 0 Å². The minimum atomic E-state index is -0.0632. The Morgan fingerprint density at radius 3 is 3.25 bits per heavy atom. The van der Waals surface area contributed by atoms with Crippen LogP contribution in [-0.2, 0) is 24.2 Å². The Kier molecular flexibility index (Phi) is 3.48. The van der Waals surface area contributed by atoms with Crippen molar-refractivity contribution in [3.8, 4) is 0 Å². The molecule has 0 aliphatic carbocycles. The van der Waals surface area contributed by atoms with Crippen molar-refractivity contribution < 1.29 is 9.32 Å². The van der Waals surface area contributed by atoms with Gasteiger partial charge in [-0.1, -0.05) is 5.16 Å². The highest BCUT2D eigenvalue weighted by molar-refractivity contribution is 6.29. The molecule has 0 spiro atoms. The lowest BCUT2D eigenvalue weighted by Crippen LogP contribution is -2.41. The quantitative estimate of drug-likeness (QED) is 0.931. The van der Waals surface area contributed by atoms with Crippen LogP contribution in [0, 0.1) is 6.92 Å². The van der Waals surface area contributed by atoms with Gasteiger partial charge in [0.25, 0.3) is 0 Å². The Morgan fingerprint density at radius 1 is 1.65 bits per heavy atom. The maximum absolute atomic E-state index is 12.1. The third kappa shape index (κ3) is 2.56. The maximum atomic E-state index is 12.1. The van der Waals surface area contributed by atoms with Gasteiger partial charge in [0.2, 0.25) is 11.1 Å². The van der Waals surface area contributed by atoms with E-state index in [1.807, 2.05) is 6.20 Å². The van der Waals surface area contributed by atoms with Gasteiger partial charge >= 0.3 is 0 Å². The predicted octanol–water partition coefficient (Wildman–Crippen LogP) is 1.51. The second-order valence-electron chi connectivity index (χ2n) is 5.00. The molecule has 1 N–H and O–H groups in total. The van der Waals surface area contributed by atoms with E-state index in [0.717, 1.165) is 25.2 Å². The zero-order valence-corrected chi connectivity index (χ0v) is 11.9. The molecule has 0 saturated heterocycles. The van der Waals surface area contributed by atoms with Crippen molar-refractivity contribution in [2.24, 2.45) is 0 Å². The fourth-order valence-corrected chi connectivity index (χ4v) is 2.72. The normalized spacial score (nSPS) is 17.8. The molecule has 6 nitrogen and oxygen atoms in total. The Balaban J connectivity index is 1.60. The van der Waals surface area contributed by atoms with Crippen LogP contribution in [0.4, 0.5) is 0 Å². The van der Waals surface area contributed by atoms with Crippen molar-refractivity contribution >= 4 is 17.5 Å². The molecule has 106 valence electrons. The number of amides is 1. The van der Waals surface area contributed by atoms with Gasteiger partial charge in [0.05, 0.1) is 12.1 Å². The molecule has 0 unspecified atom stereocenters. The zero-order chi connectivity index (χ0) is 14.1. The summed E-state index contributed by atoms with van der Waals surface area (Å²) < 4.78 is 6.92. The van der Waals surface area contributed by atoms with Gasteiger partial charge in [0.1, 0.15) is 5.82 Å². The first-order chi connectivity index (χ1) is 9.63. The molecule has 0 fully saturated rings. The zero-order valence-electron chi connectivity index (χ0n) is 11.1. The molecule has 0 aromatic carbocycles. The summed E-state index contributed by atoms with van der Waals surface area (Å²) in [5.41, 5.74) is 1.31. The number of rotatable bonds is 3. The minimum absolute atomic E-state index is 0.0632. The number of aryl methyl sites for hydroxylation is 2. The fourth-order valence-electron chi connectivity index (χ4n) is 2.48. The van der Waals surface area contributed by atoms with Crippen molar-refractivity contribution in [1.82, 2.24) is 20.0 Å². The summed E-state index contributed by atoms with van der Waals surface area (Å²) in [5, 5.41) is 6.96. The minimum Gasteiger partial charge on any atom is -0.351 e. The number of aromatic nitrogens is 3. The lowest BCUT2D eigenvalue weighted by atomic mass is 10.1. The number of carbonyl (C=O) groups is 1. The van der Waals surface area contributed by atoms with Gasteiger partial charge in [-0.15, -0.1) is 0 Å². The van der Waals surface area contributed by atoms with Crippen LogP contribution in [-0.4, -0.2) is 26.7 Å². The molecule has 2 aromatic rings. The molecule has 1 atom stereocenters. The van der Waals surface area contributed by atoms with Gasteiger partial charge in [-0.25, -0.2) is 4.98 Å². The van der Waals surface area contributed by atoms with E-state index in [0.29, 0.717) is 11.3 Å². The highest BCUT2D eigenvalue weighted by Gasteiger charge is 2.22. The molecule has 0 radical (unpaired) electrons. The predicted molar refractivity (Wildman–Crippen MR) is 72.4 cm³/mol. The first-order valence-electron chi connectivity index (χ1n) is 6.53. The van der Waals surface area contributed by atoms with E-state index < -0.39 is 0 Å². The summed E-state index contributed by atoms with van der Waals surface area (Å²) in [7, 11) is 0. The van der Waals surface area contributed by atoms with E-state index in [4.69, 9.17) is 16.1 Å². The number of hydrogen-bond donors (Lipinski definition) is 1. The molecule has 3 heterocycles. The van der Waals surface area contributed by atoms with Crippen LogP contribution in [0.1, 0.15) is 23.5 Å². The average Bonchev–Trinajstić information content (AvgIpc) is 3.00. The topological polar surface area (TPSA) is 73.0 Å². The van der Waals surface area contributed by atoms with Crippen LogP contribution in [0.3, 0.4) is 0 Å². The first-order valence-corrected chi connectivity index (χ1v) is 6.91. The Labute approximate surface area is 121 Å². The van der Waals surface area contributed by atoms with Crippen molar-refractivity contribution in [3.05, 3.63) is 34.7 Å². The van der Waals surface area contributed by atoms with E-state index in [9.17, 15) is 4.79 Å². The van der Waals surface area contributed by atoms with Crippen LogP contribution < -0.4 is 5.32 Å². The smallest absolute Gasteiger partial charge is 0.229 e. The van der Waals surface area contributed by atoms with Gasteiger partial charge in [0, 0.05) is 37.0 Å². The van der Waals surface area contributed by atoms with E-state index >= 15 is 0 Å². The summed E-state index contributed by atoms with van der Waals surface area (Å²) in [6, 6.07) is 0.128. The molecule has 1 aliphatic heterocycles. The second-order valence-corrected chi connectivity index (χ2v) is 5.34.